The molecular weight excluding hydrogens is 364 g/mol. The van der Waals surface area contributed by atoms with E-state index in [1.807, 2.05) is 24.3 Å². The van der Waals surface area contributed by atoms with Crippen LogP contribution in [0.4, 0.5) is 0 Å². The van der Waals surface area contributed by atoms with Gasteiger partial charge in [-0.15, -0.1) is 0 Å². The van der Waals surface area contributed by atoms with Gasteiger partial charge >= 0.3 is 0 Å². The number of ether oxygens (including phenoxy) is 1. The number of likely N-dealkylation sites (N-methyl/N-ethyl adjacent to an activating group) is 1. The lowest BCUT2D eigenvalue weighted by Gasteiger charge is -2.19. The summed E-state index contributed by atoms with van der Waals surface area (Å²) in [5.74, 6) is 0.995. The van der Waals surface area contributed by atoms with E-state index in [0.29, 0.717) is 12.0 Å². The number of methoxy groups -OCH3 is 1. The second-order valence-corrected chi connectivity index (χ2v) is 7.68. The Hall–Kier alpha value is -2.66. The second-order valence-electron chi connectivity index (χ2n) is 7.68. The van der Waals surface area contributed by atoms with Gasteiger partial charge in [0.25, 0.3) is 0 Å². The van der Waals surface area contributed by atoms with Crippen molar-refractivity contribution in [3.63, 3.8) is 0 Å². The number of ketones is 2. The highest BCUT2D eigenvalue weighted by Crippen LogP contribution is 2.42. The van der Waals surface area contributed by atoms with Crippen molar-refractivity contribution < 1.29 is 14.3 Å². The van der Waals surface area contributed by atoms with E-state index in [4.69, 9.17) is 4.74 Å². The number of rotatable bonds is 7. The summed E-state index contributed by atoms with van der Waals surface area (Å²) >= 11 is 0. The van der Waals surface area contributed by atoms with Crippen molar-refractivity contribution in [1.82, 2.24) is 9.47 Å². The summed E-state index contributed by atoms with van der Waals surface area (Å²) in [7, 11) is 1.66. The maximum atomic E-state index is 12.5. The lowest BCUT2D eigenvalue weighted by molar-refractivity contribution is 0.0991. The van der Waals surface area contributed by atoms with E-state index in [9.17, 15) is 9.59 Å². The van der Waals surface area contributed by atoms with Crippen LogP contribution in [0.5, 0.6) is 5.75 Å². The lowest BCUT2D eigenvalue weighted by Crippen LogP contribution is -2.27. The van der Waals surface area contributed by atoms with E-state index in [2.05, 4.69) is 23.3 Å². The number of aryl methyl sites for hydroxylation is 1. The number of carbonyl (C=O) groups excluding carboxylic acids is 2. The summed E-state index contributed by atoms with van der Waals surface area (Å²) in [5, 5.41) is 2.03. The van der Waals surface area contributed by atoms with Gasteiger partial charge in [-0.2, -0.15) is 0 Å². The molecule has 4 rings (SSSR count). The van der Waals surface area contributed by atoms with Crippen LogP contribution >= 0.6 is 0 Å². The molecule has 0 N–H and O–H groups in total. The number of hydrogen-bond acceptors (Lipinski definition) is 4. The monoisotopic (exact) mass is 392 g/mol. The Bertz CT molecular complexity index is 1120. The van der Waals surface area contributed by atoms with Gasteiger partial charge < -0.3 is 14.2 Å². The standard InChI is InChI=1S/C24H28N2O3/c1-5-25(6-2)13-14-26-19-10-7-17-18(8-11-20(17)28)22(19)23-21(29-4)12-9-16(15(3)27)24(23)26/h7,9-10,12H,5-6,8,11,13-14H2,1-4H3. The zero-order valence-corrected chi connectivity index (χ0v) is 17.7. The Morgan fingerprint density at radius 2 is 1.86 bits per heavy atom. The molecule has 5 heteroatoms. The summed E-state index contributed by atoms with van der Waals surface area (Å²) in [4.78, 5) is 27.3. The first-order valence-corrected chi connectivity index (χ1v) is 10.4. The molecule has 1 heterocycles. The van der Waals surface area contributed by atoms with Crippen LogP contribution in [0.2, 0.25) is 0 Å². The van der Waals surface area contributed by atoms with Gasteiger partial charge in [-0.1, -0.05) is 13.8 Å². The zero-order chi connectivity index (χ0) is 20.7. The molecule has 2 aromatic carbocycles. The first-order valence-electron chi connectivity index (χ1n) is 10.4. The van der Waals surface area contributed by atoms with Crippen LogP contribution in [0.1, 0.15) is 53.5 Å². The van der Waals surface area contributed by atoms with Crippen molar-refractivity contribution in [1.29, 1.82) is 0 Å². The summed E-state index contributed by atoms with van der Waals surface area (Å²) in [5.41, 5.74) is 4.61. The Balaban J connectivity index is 2.08. The van der Waals surface area contributed by atoms with Crippen molar-refractivity contribution in [2.45, 2.75) is 40.2 Å². The zero-order valence-electron chi connectivity index (χ0n) is 17.7. The summed E-state index contributed by atoms with van der Waals surface area (Å²) < 4.78 is 7.97. The fourth-order valence-corrected chi connectivity index (χ4v) is 4.72. The molecule has 1 aliphatic carbocycles. The van der Waals surface area contributed by atoms with Crippen molar-refractivity contribution in [2.75, 3.05) is 26.7 Å². The molecule has 0 saturated carbocycles. The Morgan fingerprint density at radius 1 is 1.10 bits per heavy atom. The number of fused-ring (bicyclic) bond motifs is 5. The molecule has 0 radical (unpaired) electrons. The van der Waals surface area contributed by atoms with Gasteiger partial charge in [0.2, 0.25) is 0 Å². The second kappa shape index (κ2) is 7.64. The van der Waals surface area contributed by atoms with Crippen molar-refractivity contribution in [2.24, 2.45) is 0 Å². The highest BCUT2D eigenvalue weighted by atomic mass is 16.5. The number of hydrogen-bond donors (Lipinski definition) is 0. The minimum atomic E-state index is 0.0391. The minimum absolute atomic E-state index is 0.0391. The third-order valence-electron chi connectivity index (χ3n) is 6.28. The largest absolute Gasteiger partial charge is 0.496 e. The maximum Gasteiger partial charge on any atom is 0.163 e. The molecule has 3 aromatic rings. The van der Waals surface area contributed by atoms with Gasteiger partial charge in [-0.05, 0) is 56.3 Å². The predicted molar refractivity (Wildman–Crippen MR) is 116 cm³/mol. The quantitative estimate of drug-likeness (QED) is 0.557. The van der Waals surface area contributed by atoms with E-state index in [1.54, 1.807) is 14.0 Å². The van der Waals surface area contributed by atoms with Crippen LogP contribution in [0.15, 0.2) is 24.3 Å². The fraction of sp³-hybridized carbons (Fsp3) is 0.417. The van der Waals surface area contributed by atoms with Crippen LogP contribution in [0, 0.1) is 0 Å². The number of aromatic nitrogens is 1. The van der Waals surface area contributed by atoms with E-state index >= 15 is 0 Å². The SMILES string of the molecule is CCN(CC)CCn1c2ccc3c(c2c2c(OC)ccc(C(C)=O)c21)CCC3=O. The molecule has 0 fully saturated rings. The highest BCUT2D eigenvalue weighted by molar-refractivity contribution is 6.21. The summed E-state index contributed by atoms with van der Waals surface area (Å²) in [6, 6.07) is 7.74. The van der Waals surface area contributed by atoms with E-state index in [0.717, 1.165) is 71.3 Å². The Morgan fingerprint density at radius 3 is 2.52 bits per heavy atom. The molecule has 0 unspecified atom stereocenters. The van der Waals surface area contributed by atoms with Gasteiger partial charge in [-0.3, -0.25) is 9.59 Å². The number of benzene rings is 2. The molecule has 29 heavy (non-hydrogen) atoms. The van der Waals surface area contributed by atoms with Gasteiger partial charge in [0, 0.05) is 41.5 Å². The van der Waals surface area contributed by atoms with Crippen LogP contribution in [0.3, 0.4) is 0 Å². The third-order valence-corrected chi connectivity index (χ3v) is 6.28. The first-order chi connectivity index (χ1) is 14.0. The normalized spacial score (nSPS) is 13.6. The molecule has 0 saturated heterocycles. The maximum absolute atomic E-state index is 12.5. The Kier molecular flexibility index (Phi) is 5.17. The summed E-state index contributed by atoms with van der Waals surface area (Å²) in [6.07, 6.45) is 1.30. The molecule has 1 aliphatic rings. The first kappa shape index (κ1) is 19.6. The molecule has 152 valence electrons. The van der Waals surface area contributed by atoms with Gasteiger partial charge in [-0.25, -0.2) is 0 Å². The smallest absolute Gasteiger partial charge is 0.163 e. The lowest BCUT2D eigenvalue weighted by atomic mass is 10.00. The molecule has 1 aromatic heterocycles. The van der Waals surface area contributed by atoms with Gasteiger partial charge in [0.05, 0.1) is 18.0 Å². The summed E-state index contributed by atoms with van der Waals surface area (Å²) in [6.45, 7) is 9.59. The highest BCUT2D eigenvalue weighted by Gasteiger charge is 2.27. The van der Waals surface area contributed by atoms with Gasteiger partial charge in [0.1, 0.15) is 5.75 Å². The van der Waals surface area contributed by atoms with Crippen LogP contribution in [-0.4, -0.2) is 47.8 Å². The molecular formula is C24H28N2O3. The predicted octanol–water partition coefficient (Wildman–Crippen LogP) is 4.48. The number of nitrogens with zero attached hydrogens (tertiary/aromatic N) is 2. The molecule has 0 atom stereocenters. The molecule has 5 nitrogen and oxygen atoms in total. The molecule has 0 spiro atoms. The van der Waals surface area contributed by atoms with Crippen molar-refractivity contribution >= 4 is 33.4 Å². The van der Waals surface area contributed by atoms with Crippen LogP contribution < -0.4 is 4.74 Å². The molecule has 0 aliphatic heterocycles. The fourth-order valence-electron chi connectivity index (χ4n) is 4.72. The van der Waals surface area contributed by atoms with Crippen molar-refractivity contribution in [3.05, 3.63) is 41.0 Å². The number of Topliss-reactive ketones (excluding diaryl/α,β-unsaturated/α-hetero) is 2. The third kappa shape index (κ3) is 3.04. The van der Waals surface area contributed by atoms with Crippen LogP contribution in [-0.2, 0) is 13.0 Å². The van der Waals surface area contributed by atoms with Crippen molar-refractivity contribution in [3.8, 4) is 5.75 Å². The average molecular weight is 392 g/mol. The van der Waals surface area contributed by atoms with E-state index in [-0.39, 0.29) is 11.6 Å². The van der Waals surface area contributed by atoms with Gasteiger partial charge in [0.15, 0.2) is 11.6 Å². The average Bonchev–Trinajstić information content (AvgIpc) is 3.26. The number of carbonyl (C=O) groups is 2. The Labute approximate surface area is 171 Å². The topological polar surface area (TPSA) is 51.5 Å². The van der Waals surface area contributed by atoms with Crippen LogP contribution in [0.25, 0.3) is 21.8 Å². The molecule has 0 amide bonds. The molecule has 0 bridgehead atoms. The minimum Gasteiger partial charge on any atom is -0.496 e. The van der Waals surface area contributed by atoms with E-state index in [1.165, 1.54) is 0 Å². The van der Waals surface area contributed by atoms with E-state index < -0.39 is 0 Å².